The highest BCUT2D eigenvalue weighted by Crippen LogP contribution is 2.11. The molecule has 0 fully saturated rings. The van der Waals surface area contributed by atoms with Crippen molar-refractivity contribution in [3.05, 3.63) is 28.5 Å². The van der Waals surface area contributed by atoms with Crippen molar-refractivity contribution in [3.63, 3.8) is 0 Å². The highest BCUT2D eigenvalue weighted by atomic mass is 35.5. The van der Waals surface area contributed by atoms with Crippen LogP contribution < -0.4 is 0 Å². The predicted molar refractivity (Wildman–Crippen MR) is 43.3 cm³/mol. The van der Waals surface area contributed by atoms with Gasteiger partial charge in [0.1, 0.15) is 0 Å². The van der Waals surface area contributed by atoms with E-state index in [0.29, 0.717) is 11.4 Å². The molecule has 0 amide bonds. The topological polar surface area (TPSA) is 36.7 Å². The van der Waals surface area contributed by atoms with Gasteiger partial charge in [-0.05, 0) is 19.1 Å². The lowest BCUT2D eigenvalue weighted by molar-refractivity contribution is 1.07. The fourth-order valence-electron chi connectivity index (χ4n) is 0.863. The molecule has 0 bridgehead atoms. The van der Waals surface area contributed by atoms with Crippen LogP contribution >= 0.6 is 11.6 Å². The van der Waals surface area contributed by atoms with Crippen molar-refractivity contribution >= 4 is 11.6 Å². The van der Waals surface area contributed by atoms with E-state index in [1.807, 2.05) is 13.0 Å². The summed E-state index contributed by atoms with van der Waals surface area (Å²) in [6.45, 7) is 1.85. The fourth-order valence-corrected chi connectivity index (χ4v) is 1.15. The molecule has 0 spiro atoms. The van der Waals surface area contributed by atoms with Gasteiger partial charge < -0.3 is 0 Å². The van der Waals surface area contributed by atoms with E-state index >= 15 is 0 Å². The first-order valence-corrected chi connectivity index (χ1v) is 3.60. The Morgan fingerprint density at radius 3 is 2.91 bits per heavy atom. The molecule has 0 saturated carbocycles. The summed E-state index contributed by atoms with van der Waals surface area (Å²) in [6, 6.07) is 5.49. The minimum Gasteiger partial charge on any atom is -0.257 e. The van der Waals surface area contributed by atoms with Crippen molar-refractivity contribution < 1.29 is 0 Å². The molecule has 56 valence electrons. The lowest BCUT2D eigenvalue weighted by atomic mass is 10.2. The predicted octanol–water partition coefficient (Wildman–Crippen LogP) is 2.11. The molecule has 0 saturated heterocycles. The summed E-state index contributed by atoms with van der Waals surface area (Å²) in [4.78, 5) is 4.12. The van der Waals surface area contributed by atoms with Crippen LogP contribution in [0.25, 0.3) is 0 Å². The first-order chi connectivity index (χ1) is 5.22. The second-order valence-corrected chi connectivity index (χ2v) is 2.69. The van der Waals surface area contributed by atoms with Gasteiger partial charge in [0, 0.05) is 10.7 Å². The molecule has 0 unspecified atom stereocenters. The quantitative estimate of drug-likeness (QED) is 0.641. The molecule has 11 heavy (non-hydrogen) atoms. The standard InChI is InChI=1S/C8H7ClN2/c1-6-4-7(9)5-8(11-6)2-3-10/h4-5H,2H2,1H3. The number of hydrogen-bond acceptors (Lipinski definition) is 2. The normalized spacial score (nSPS) is 9.18. The van der Waals surface area contributed by atoms with Gasteiger partial charge in [0.15, 0.2) is 0 Å². The third-order valence-corrected chi connectivity index (χ3v) is 1.45. The van der Waals surface area contributed by atoms with Gasteiger partial charge in [0.25, 0.3) is 0 Å². The molecule has 0 N–H and O–H groups in total. The second-order valence-electron chi connectivity index (χ2n) is 2.25. The van der Waals surface area contributed by atoms with Crippen LogP contribution in [0.2, 0.25) is 5.02 Å². The van der Waals surface area contributed by atoms with E-state index < -0.39 is 0 Å². The maximum absolute atomic E-state index is 8.37. The molecular weight excluding hydrogens is 160 g/mol. The van der Waals surface area contributed by atoms with Gasteiger partial charge in [-0.3, -0.25) is 4.98 Å². The van der Waals surface area contributed by atoms with Crippen LogP contribution in [0.5, 0.6) is 0 Å². The SMILES string of the molecule is Cc1cc(Cl)cc(CC#N)n1. The molecule has 1 aromatic heterocycles. The van der Waals surface area contributed by atoms with Gasteiger partial charge in [-0.25, -0.2) is 0 Å². The van der Waals surface area contributed by atoms with Crippen molar-refractivity contribution in [1.29, 1.82) is 5.26 Å². The molecule has 0 atom stereocenters. The number of pyridine rings is 1. The zero-order valence-corrected chi connectivity index (χ0v) is 6.89. The van der Waals surface area contributed by atoms with E-state index in [1.54, 1.807) is 12.1 Å². The van der Waals surface area contributed by atoms with Crippen LogP contribution in [0.15, 0.2) is 12.1 Å². The van der Waals surface area contributed by atoms with Crippen molar-refractivity contribution in [3.8, 4) is 6.07 Å². The van der Waals surface area contributed by atoms with Crippen LogP contribution in [0, 0.1) is 18.3 Å². The molecule has 0 radical (unpaired) electrons. The molecule has 0 aliphatic rings. The third-order valence-electron chi connectivity index (χ3n) is 1.23. The van der Waals surface area contributed by atoms with E-state index in [0.717, 1.165) is 11.4 Å². The Morgan fingerprint density at radius 1 is 1.64 bits per heavy atom. The number of nitriles is 1. The lowest BCUT2D eigenvalue weighted by Crippen LogP contribution is -1.89. The molecule has 1 aromatic rings. The summed E-state index contributed by atoms with van der Waals surface area (Å²) in [7, 11) is 0. The maximum Gasteiger partial charge on any atom is 0.0775 e. The van der Waals surface area contributed by atoms with Crippen molar-refractivity contribution in [1.82, 2.24) is 4.98 Å². The van der Waals surface area contributed by atoms with E-state index in [2.05, 4.69) is 4.98 Å². The molecule has 0 aliphatic carbocycles. The van der Waals surface area contributed by atoms with E-state index in [1.165, 1.54) is 0 Å². The van der Waals surface area contributed by atoms with Crippen LogP contribution in [0.4, 0.5) is 0 Å². The lowest BCUT2D eigenvalue weighted by Gasteiger charge is -1.96. The number of hydrogen-bond donors (Lipinski definition) is 0. The number of aromatic nitrogens is 1. The number of nitrogens with zero attached hydrogens (tertiary/aromatic N) is 2. The molecular formula is C8H7ClN2. The van der Waals surface area contributed by atoms with Gasteiger partial charge >= 0.3 is 0 Å². The number of halogens is 1. The minimum absolute atomic E-state index is 0.321. The average Bonchev–Trinajstić information content (AvgIpc) is 1.85. The summed E-state index contributed by atoms with van der Waals surface area (Å²) in [6.07, 6.45) is 0.321. The number of rotatable bonds is 1. The Bertz CT molecular complexity index is 281. The maximum atomic E-state index is 8.37. The summed E-state index contributed by atoms with van der Waals surface area (Å²) in [5.74, 6) is 0. The van der Waals surface area contributed by atoms with Crippen LogP contribution in [0.1, 0.15) is 11.4 Å². The summed E-state index contributed by atoms with van der Waals surface area (Å²) in [5.41, 5.74) is 1.58. The van der Waals surface area contributed by atoms with Gasteiger partial charge in [-0.1, -0.05) is 11.6 Å². The first kappa shape index (κ1) is 8.03. The number of aryl methyl sites for hydroxylation is 1. The molecule has 3 heteroatoms. The highest BCUT2D eigenvalue weighted by molar-refractivity contribution is 6.30. The van der Waals surface area contributed by atoms with Gasteiger partial charge in [-0.2, -0.15) is 5.26 Å². The van der Waals surface area contributed by atoms with Gasteiger partial charge in [0.05, 0.1) is 18.2 Å². The van der Waals surface area contributed by atoms with E-state index in [9.17, 15) is 0 Å². The minimum atomic E-state index is 0.321. The zero-order chi connectivity index (χ0) is 8.27. The Balaban J connectivity index is 3.01. The summed E-state index contributed by atoms with van der Waals surface area (Å²) in [5, 5.41) is 9.01. The molecule has 0 aromatic carbocycles. The smallest absolute Gasteiger partial charge is 0.0775 e. The van der Waals surface area contributed by atoms with Gasteiger partial charge in [-0.15, -0.1) is 0 Å². The Kier molecular flexibility index (Phi) is 2.45. The second kappa shape index (κ2) is 3.36. The van der Waals surface area contributed by atoms with Crippen LogP contribution in [0.3, 0.4) is 0 Å². The highest BCUT2D eigenvalue weighted by Gasteiger charge is 1.96. The average molecular weight is 167 g/mol. The molecule has 1 heterocycles. The Morgan fingerprint density at radius 2 is 2.36 bits per heavy atom. The van der Waals surface area contributed by atoms with Crippen molar-refractivity contribution in [2.75, 3.05) is 0 Å². The Labute approximate surface area is 70.4 Å². The molecule has 2 nitrogen and oxygen atoms in total. The summed E-state index contributed by atoms with van der Waals surface area (Å²) >= 11 is 5.74. The largest absolute Gasteiger partial charge is 0.257 e. The van der Waals surface area contributed by atoms with Crippen LogP contribution in [-0.4, -0.2) is 4.98 Å². The molecule has 1 rings (SSSR count). The van der Waals surface area contributed by atoms with Crippen molar-refractivity contribution in [2.45, 2.75) is 13.3 Å². The Hall–Kier alpha value is -1.07. The zero-order valence-electron chi connectivity index (χ0n) is 6.13. The fraction of sp³-hybridized carbons (Fsp3) is 0.250. The van der Waals surface area contributed by atoms with E-state index in [-0.39, 0.29) is 0 Å². The summed E-state index contributed by atoms with van der Waals surface area (Å²) < 4.78 is 0. The third kappa shape index (κ3) is 2.21. The first-order valence-electron chi connectivity index (χ1n) is 3.22. The van der Waals surface area contributed by atoms with Gasteiger partial charge in [0.2, 0.25) is 0 Å². The van der Waals surface area contributed by atoms with E-state index in [4.69, 9.17) is 16.9 Å². The molecule has 0 aliphatic heterocycles. The van der Waals surface area contributed by atoms with Crippen molar-refractivity contribution in [2.24, 2.45) is 0 Å². The van der Waals surface area contributed by atoms with Crippen LogP contribution in [-0.2, 0) is 6.42 Å². The monoisotopic (exact) mass is 166 g/mol.